The molecule has 0 amide bonds. The van der Waals surface area contributed by atoms with Crippen molar-refractivity contribution in [2.24, 2.45) is 5.92 Å². The first-order valence-electron chi connectivity index (χ1n) is 8.32. The summed E-state index contributed by atoms with van der Waals surface area (Å²) in [6.45, 7) is 3.56. The highest BCUT2D eigenvalue weighted by atomic mass is 16.5. The van der Waals surface area contributed by atoms with Crippen LogP contribution in [0.15, 0.2) is 60.7 Å². The number of piperidine rings is 1. The topological polar surface area (TPSA) is 29.5 Å². The van der Waals surface area contributed by atoms with Crippen molar-refractivity contribution >= 4 is 5.78 Å². The van der Waals surface area contributed by atoms with Gasteiger partial charge in [-0.2, -0.15) is 0 Å². The number of Topliss-reactive ketones (excluding diaryl/α,β-unsaturated/α-hetero) is 1. The highest BCUT2D eigenvalue weighted by Gasteiger charge is 2.25. The quantitative estimate of drug-likeness (QED) is 0.763. The van der Waals surface area contributed by atoms with E-state index in [1.807, 2.05) is 60.7 Å². The van der Waals surface area contributed by atoms with Gasteiger partial charge in [-0.15, -0.1) is 0 Å². The zero-order chi connectivity index (χ0) is 15.9. The van der Waals surface area contributed by atoms with Crippen LogP contribution in [0.3, 0.4) is 0 Å². The minimum absolute atomic E-state index is 0.170. The molecule has 0 aromatic heterocycles. The van der Waals surface area contributed by atoms with Gasteiger partial charge in [-0.3, -0.25) is 9.69 Å². The van der Waals surface area contributed by atoms with Gasteiger partial charge in [-0.1, -0.05) is 48.5 Å². The number of nitrogens with zero attached hydrogens (tertiary/aromatic N) is 1. The summed E-state index contributed by atoms with van der Waals surface area (Å²) in [5, 5.41) is 0. The number of carbonyl (C=O) groups excluding carboxylic acids is 1. The predicted octanol–water partition coefficient (Wildman–Crippen LogP) is 3.66. The fourth-order valence-electron chi connectivity index (χ4n) is 3.07. The number of hydrogen-bond acceptors (Lipinski definition) is 3. The Morgan fingerprint density at radius 1 is 0.957 bits per heavy atom. The van der Waals surface area contributed by atoms with Crippen LogP contribution >= 0.6 is 0 Å². The van der Waals surface area contributed by atoms with E-state index in [0.29, 0.717) is 12.4 Å². The van der Waals surface area contributed by atoms with Crippen LogP contribution in [0.5, 0.6) is 5.75 Å². The third-order valence-corrected chi connectivity index (χ3v) is 4.44. The molecule has 3 heteroatoms. The normalized spacial score (nSPS) is 16.2. The largest absolute Gasteiger partial charge is 0.492 e. The Kier molecular flexibility index (Phi) is 5.43. The van der Waals surface area contributed by atoms with Crippen LogP contribution in [0.1, 0.15) is 23.2 Å². The number of ketones is 1. The van der Waals surface area contributed by atoms with Gasteiger partial charge in [0.25, 0.3) is 0 Å². The first-order valence-corrected chi connectivity index (χ1v) is 8.32. The van der Waals surface area contributed by atoms with E-state index < -0.39 is 0 Å². The molecule has 0 spiro atoms. The van der Waals surface area contributed by atoms with Gasteiger partial charge < -0.3 is 4.74 Å². The summed E-state index contributed by atoms with van der Waals surface area (Å²) in [5.74, 6) is 1.39. The molecule has 1 aliphatic rings. The minimum atomic E-state index is 0.170. The lowest BCUT2D eigenvalue weighted by Gasteiger charge is -2.31. The second kappa shape index (κ2) is 7.93. The SMILES string of the molecule is O=C(c1ccccc1)C1CCN(CCOc2ccccc2)CC1. The average Bonchev–Trinajstić information content (AvgIpc) is 2.63. The van der Waals surface area contributed by atoms with E-state index in [9.17, 15) is 4.79 Å². The molecule has 2 aromatic carbocycles. The fourth-order valence-corrected chi connectivity index (χ4v) is 3.07. The maximum Gasteiger partial charge on any atom is 0.166 e. The molecule has 1 fully saturated rings. The van der Waals surface area contributed by atoms with Crippen molar-refractivity contribution in [3.8, 4) is 5.75 Å². The molecule has 3 rings (SSSR count). The van der Waals surface area contributed by atoms with Crippen LogP contribution in [-0.4, -0.2) is 36.9 Å². The van der Waals surface area contributed by atoms with E-state index in [1.54, 1.807) is 0 Å². The van der Waals surface area contributed by atoms with Gasteiger partial charge in [0.2, 0.25) is 0 Å². The standard InChI is InChI=1S/C20H23NO2/c22-20(17-7-3-1-4-8-17)18-11-13-21(14-12-18)15-16-23-19-9-5-2-6-10-19/h1-10,18H,11-16H2. The second-order valence-electron chi connectivity index (χ2n) is 6.01. The van der Waals surface area contributed by atoms with E-state index in [1.165, 1.54) is 0 Å². The molecule has 0 unspecified atom stereocenters. The molecule has 0 radical (unpaired) electrons. The lowest BCUT2D eigenvalue weighted by molar-refractivity contribution is 0.0827. The Labute approximate surface area is 137 Å². The molecular formula is C20H23NO2. The van der Waals surface area contributed by atoms with Crippen molar-refractivity contribution in [1.82, 2.24) is 4.90 Å². The van der Waals surface area contributed by atoms with Gasteiger partial charge in [0.1, 0.15) is 12.4 Å². The first kappa shape index (κ1) is 15.8. The van der Waals surface area contributed by atoms with Gasteiger partial charge in [-0.05, 0) is 38.1 Å². The third-order valence-electron chi connectivity index (χ3n) is 4.44. The molecular weight excluding hydrogens is 286 g/mol. The average molecular weight is 309 g/mol. The molecule has 1 saturated heterocycles. The van der Waals surface area contributed by atoms with Crippen molar-refractivity contribution in [2.75, 3.05) is 26.2 Å². The molecule has 1 aliphatic heterocycles. The van der Waals surface area contributed by atoms with Gasteiger partial charge in [-0.25, -0.2) is 0 Å². The molecule has 0 bridgehead atoms. The fraction of sp³-hybridized carbons (Fsp3) is 0.350. The zero-order valence-electron chi connectivity index (χ0n) is 13.4. The molecule has 0 saturated carbocycles. The lowest BCUT2D eigenvalue weighted by Crippen LogP contribution is -2.38. The smallest absolute Gasteiger partial charge is 0.166 e. The van der Waals surface area contributed by atoms with Gasteiger partial charge >= 0.3 is 0 Å². The Morgan fingerprint density at radius 2 is 1.57 bits per heavy atom. The monoisotopic (exact) mass is 309 g/mol. The van der Waals surface area contributed by atoms with Crippen LogP contribution < -0.4 is 4.74 Å². The molecule has 120 valence electrons. The van der Waals surface area contributed by atoms with Crippen LogP contribution in [0.4, 0.5) is 0 Å². The van der Waals surface area contributed by atoms with Crippen LogP contribution in [-0.2, 0) is 0 Å². The Hall–Kier alpha value is -2.13. The Bertz CT molecular complexity index is 604. The summed E-state index contributed by atoms with van der Waals surface area (Å²) in [5.41, 5.74) is 0.846. The van der Waals surface area contributed by atoms with E-state index >= 15 is 0 Å². The highest BCUT2D eigenvalue weighted by Crippen LogP contribution is 2.21. The van der Waals surface area contributed by atoms with Crippen LogP contribution in [0.25, 0.3) is 0 Å². The van der Waals surface area contributed by atoms with Gasteiger partial charge in [0.05, 0.1) is 0 Å². The second-order valence-corrected chi connectivity index (χ2v) is 6.01. The highest BCUT2D eigenvalue weighted by molar-refractivity contribution is 5.97. The summed E-state index contributed by atoms with van der Waals surface area (Å²) >= 11 is 0. The number of likely N-dealkylation sites (tertiary alicyclic amines) is 1. The number of para-hydroxylation sites is 1. The molecule has 1 heterocycles. The van der Waals surface area contributed by atoms with Crippen molar-refractivity contribution in [1.29, 1.82) is 0 Å². The molecule has 0 aliphatic carbocycles. The summed E-state index contributed by atoms with van der Waals surface area (Å²) in [7, 11) is 0. The van der Waals surface area contributed by atoms with Crippen molar-refractivity contribution in [3.63, 3.8) is 0 Å². The minimum Gasteiger partial charge on any atom is -0.492 e. The van der Waals surface area contributed by atoms with E-state index in [4.69, 9.17) is 4.74 Å². The number of carbonyl (C=O) groups is 1. The third kappa shape index (κ3) is 4.42. The number of benzene rings is 2. The van der Waals surface area contributed by atoms with Crippen LogP contribution in [0, 0.1) is 5.92 Å². The summed E-state index contributed by atoms with van der Waals surface area (Å²) in [6.07, 6.45) is 1.89. The maximum absolute atomic E-state index is 12.5. The summed E-state index contributed by atoms with van der Waals surface area (Å²) in [6, 6.07) is 19.6. The number of rotatable bonds is 6. The molecule has 0 N–H and O–H groups in total. The molecule has 23 heavy (non-hydrogen) atoms. The van der Waals surface area contributed by atoms with Gasteiger partial charge in [0, 0.05) is 18.0 Å². The van der Waals surface area contributed by atoms with E-state index in [2.05, 4.69) is 4.90 Å². The maximum atomic E-state index is 12.5. The summed E-state index contributed by atoms with van der Waals surface area (Å²) < 4.78 is 5.74. The lowest BCUT2D eigenvalue weighted by atomic mass is 9.89. The zero-order valence-corrected chi connectivity index (χ0v) is 13.4. The number of ether oxygens (including phenoxy) is 1. The Morgan fingerprint density at radius 3 is 2.22 bits per heavy atom. The van der Waals surface area contributed by atoms with E-state index in [0.717, 1.165) is 43.8 Å². The van der Waals surface area contributed by atoms with Crippen LogP contribution in [0.2, 0.25) is 0 Å². The number of hydrogen-bond donors (Lipinski definition) is 0. The van der Waals surface area contributed by atoms with Gasteiger partial charge in [0.15, 0.2) is 5.78 Å². The first-order chi connectivity index (χ1) is 11.3. The van der Waals surface area contributed by atoms with Crippen molar-refractivity contribution in [2.45, 2.75) is 12.8 Å². The van der Waals surface area contributed by atoms with Crippen molar-refractivity contribution in [3.05, 3.63) is 66.2 Å². The Balaban J connectivity index is 1.41. The van der Waals surface area contributed by atoms with E-state index in [-0.39, 0.29) is 5.92 Å². The summed E-state index contributed by atoms with van der Waals surface area (Å²) in [4.78, 5) is 14.8. The molecule has 2 aromatic rings. The molecule has 0 atom stereocenters. The predicted molar refractivity (Wildman–Crippen MR) is 91.9 cm³/mol. The molecule has 3 nitrogen and oxygen atoms in total. The van der Waals surface area contributed by atoms with Crippen molar-refractivity contribution < 1.29 is 9.53 Å².